The molecule has 0 amide bonds. The molecular formula is C11H6BrF3O3. The van der Waals surface area contributed by atoms with Crippen molar-refractivity contribution in [2.45, 2.75) is 12.3 Å². The molecule has 0 aliphatic carbocycles. The van der Waals surface area contributed by atoms with Gasteiger partial charge < -0.3 is 9.84 Å². The number of carboxylic acids is 1. The number of ether oxygens (including phenoxy) is 1. The summed E-state index contributed by atoms with van der Waals surface area (Å²) in [6, 6.07) is 4.43. The number of aliphatic carboxylic acids is 1. The zero-order valence-electron chi connectivity index (χ0n) is 8.66. The average Bonchev–Trinajstić information content (AvgIpc) is 2.25. The van der Waals surface area contributed by atoms with Crippen LogP contribution in [0.25, 0.3) is 6.08 Å². The summed E-state index contributed by atoms with van der Waals surface area (Å²) in [5.41, 5.74) is -0.520. The van der Waals surface area contributed by atoms with Crippen molar-refractivity contribution in [1.82, 2.24) is 0 Å². The van der Waals surface area contributed by atoms with E-state index in [1.54, 1.807) is 6.07 Å². The van der Waals surface area contributed by atoms with Gasteiger partial charge in [-0.05, 0) is 18.2 Å². The summed E-state index contributed by atoms with van der Waals surface area (Å²) >= 11 is 3.11. The first-order chi connectivity index (χ1) is 8.29. The van der Waals surface area contributed by atoms with Crippen LogP contribution >= 0.6 is 15.9 Å². The number of fused-ring (bicyclic) bond motifs is 1. The van der Waals surface area contributed by atoms with Crippen LogP contribution in [-0.2, 0) is 4.79 Å². The molecule has 0 fully saturated rings. The average molecular weight is 323 g/mol. The fourth-order valence-corrected chi connectivity index (χ4v) is 1.92. The zero-order valence-corrected chi connectivity index (χ0v) is 10.2. The summed E-state index contributed by atoms with van der Waals surface area (Å²) in [4.78, 5) is 10.8. The van der Waals surface area contributed by atoms with Crippen molar-refractivity contribution in [3.63, 3.8) is 0 Å². The second-order valence-electron chi connectivity index (χ2n) is 3.63. The smallest absolute Gasteiger partial charge is 0.430 e. The highest BCUT2D eigenvalue weighted by Crippen LogP contribution is 2.38. The lowest BCUT2D eigenvalue weighted by Crippen LogP contribution is -2.40. The minimum atomic E-state index is -4.77. The number of hydrogen-bond donors (Lipinski definition) is 1. The summed E-state index contributed by atoms with van der Waals surface area (Å²) in [7, 11) is 0. The van der Waals surface area contributed by atoms with Crippen molar-refractivity contribution in [3.05, 3.63) is 33.8 Å². The highest BCUT2D eigenvalue weighted by atomic mass is 79.9. The molecule has 0 unspecified atom stereocenters. The van der Waals surface area contributed by atoms with Crippen LogP contribution in [0.2, 0.25) is 0 Å². The number of hydrogen-bond acceptors (Lipinski definition) is 2. The van der Waals surface area contributed by atoms with E-state index in [0.717, 1.165) is 6.08 Å². The van der Waals surface area contributed by atoms with Gasteiger partial charge in [-0.2, -0.15) is 13.2 Å². The van der Waals surface area contributed by atoms with Gasteiger partial charge in [0.05, 0.1) is 5.57 Å². The zero-order chi connectivity index (χ0) is 13.5. The summed E-state index contributed by atoms with van der Waals surface area (Å²) in [6.45, 7) is 0. The summed E-state index contributed by atoms with van der Waals surface area (Å²) in [5, 5.41) is 8.79. The van der Waals surface area contributed by atoms with Crippen molar-refractivity contribution in [2.24, 2.45) is 0 Å². The molecule has 0 saturated heterocycles. The predicted molar refractivity (Wildman–Crippen MR) is 60.2 cm³/mol. The van der Waals surface area contributed by atoms with Crippen LogP contribution < -0.4 is 4.74 Å². The van der Waals surface area contributed by atoms with Crippen LogP contribution in [0, 0.1) is 0 Å². The summed E-state index contributed by atoms with van der Waals surface area (Å²) in [5.74, 6) is -1.65. The molecule has 3 nitrogen and oxygen atoms in total. The first-order valence-corrected chi connectivity index (χ1v) is 5.56. The first kappa shape index (κ1) is 12.9. The third-order valence-corrected chi connectivity index (χ3v) is 2.85. The first-order valence-electron chi connectivity index (χ1n) is 4.77. The maximum Gasteiger partial charge on any atom is 0.430 e. The second-order valence-corrected chi connectivity index (χ2v) is 4.54. The van der Waals surface area contributed by atoms with Gasteiger partial charge in [0.1, 0.15) is 5.75 Å². The molecule has 0 radical (unpaired) electrons. The molecule has 1 N–H and O–H groups in total. The van der Waals surface area contributed by atoms with E-state index in [4.69, 9.17) is 9.84 Å². The van der Waals surface area contributed by atoms with Crippen LogP contribution in [-0.4, -0.2) is 23.4 Å². The van der Waals surface area contributed by atoms with E-state index in [-0.39, 0.29) is 5.75 Å². The lowest BCUT2D eigenvalue weighted by molar-refractivity contribution is -0.187. The van der Waals surface area contributed by atoms with E-state index < -0.39 is 23.8 Å². The Morgan fingerprint density at radius 3 is 2.61 bits per heavy atom. The van der Waals surface area contributed by atoms with Crippen molar-refractivity contribution < 1.29 is 27.8 Å². The molecule has 0 aromatic heterocycles. The van der Waals surface area contributed by atoms with E-state index in [0.29, 0.717) is 10.0 Å². The van der Waals surface area contributed by atoms with E-state index in [2.05, 4.69) is 15.9 Å². The number of benzene rings is 1. The monoisotopic (exact) mass is 322 g/mol. The Morgan fingerprint density at radius 1 is 1.39 bits per heavy atom. The highest BCUT2D eigenvalue weighted by molar-refractivity contribution is 9.10. The van der Waals surface area contributed by atoms with Gasteiger partial charge in [-0.1, -0.05) is 22.0 Å². The Kier molecular flexibility index (Phi) is 3.10. The van der Waals surface area contributed by atoms with Gasteiger partial charge in [0.2, 0.25) is 6.10 Å². The lowest BCUT2D eigenvalue weighted by Gasteiger charge is -2.27. The normalized spacial score (nSPS) is 18.7. The van der Waals surface area contributed by atoms with Crippen LogP contribution in [0.5, 0.6) is 5.75 Å². The molecular weight excluding hydrogens is 317 g/mol. The largest absolute Gasteiger partial charge is 0.478 e. The number of carboxylic acid groups (broad SMARTS) is 1. The molecule has 1 aliphatic heterocycles. The Balaban J connectivity index is 2.53. The molecule has 1 aromatic rings. The summed E-state index contributed by atoms with van der Waals surface area (Å²) in [6.07, 6.45) is -6.24. The van der Waals surface area contributed by atoms with Crippen LogP contribution in [0.4, 0.5) is 13.2 Å². The Labute approximate surface area is 108 Å². The van der Waals surface area contributed by atoms with Crippen LogP contribution in [0.3, 0.4) is 0 Å². The molecule has 96 valence electrons. The molecule has 18 heavy (non-hydrogen) atoms. The third-order valence-electron chi connectivity index (χ3n) is 2.36. The molecule has 0 saturated carbocycles. The molecule has 0 bridgehead atoms. The van der Waals surface area contributed by atoms with Crippen molar-refractivity contribution >= 4 is 28.0 Å². The molecule has 1 aromatic carbocycles. The number of rotatable bonds is 1. The van der Waals surface area contributed by atoms with Crippen molar-refractivity contribution in [1.29, 1.82) is 0 Å². The second kappa shape index (κ2) is 4.31. The van der Waals surface area contributed by atoms with Gasteiger partial charge >= 0.3 is 12.1 Å². The minimum absolute atomic E-state index is 0.00306. The van der Waals surface area contributed by atoms with Gasteiger partial charge in [0.25, 0.3) is 0 Å². The van der Waals surface area contributed by atoms with E-state index >= 15 is 0 Å². The van der Waals surface area contributed by atoms with Gasteiger partial charge in [-0.15, -0.1) is 0 Å². The minimum Gasteiger partial charge on any atom is -0.478 e. The topological polar surface area (TPSA) is 46.5 Å². The molecule has 1 heterocycles. The molecule has 1 atom stereocenters. The maximum atomic E-state index is 12.7. The maximum absolute atomic E-state index is 12.7. The molecule has 2 rings (SSSR count). The van der Waals surface area contributed by atoms with E-state index in [1.807, 2.05) is 0 Å². The van der Waals surface area contributed by atoms with Crippen LogP contribution in [0.1, 0.15) is 5.56 Å². The van der Waals surface area contributed by atoms with E-state index in [1.165, 1.54) is 12.1 Å². The SMILES string of the molecule is O=C(O)C1=Cc2ccc(Br)cc2O[C@H]1C(F)(F)F. The standard InChI is InChI=1S/C11H6BrF3O3/c12-6-2-1-5-3-7(10(16)17)9(11(13,14)15)18-8(5)4-6/h1-4,9H,(H,16,17)/t9-/m1/s1. The Morgan fingerprint density at radius 2 is 2.06 bits per heavy atom. The molecule has 0 spiro atoms. The summed E-state index contributed by atoms with van der Waals surface area (Å²) < 4.78 is 43.4. The van der Waals surface area contributed by atoms with Crippen molar-refractivity contribution in [3.8, 4) is 5.75 Å². The van der Waals surface area contributed by atoms with E-state index in [9.17, 15) is 18.0 Å². The number of alkyl halides is 3. The Hall–Kier alpha value is -1.50. The predicted octanol–water partition coefficient (Wildman–Crippen LogP) is 3.24. The van der Waals surface area contributed by atoms with Gasteiger partial charge in [-0.25, -0.2) is 4.79 Å². The Bertz CT molecular complexity index is 537. The molecule has 1 aliphatic rings. The fraction of sp³-hybridized carbons (Fsp3) is 0.182. The molecule has 7 heteroatoms. The van der Waals surface area contributed by atoms with Gasteiger partial charge in [0.15, 0.2) is 0 Å². The number of carbonyl (C=O) groups is 1. The number of halogens is 4. The quantitative estimate of drug-likeness (QED) is 0.863. The lowest BCUT2D eigenvalue weighted by atomic mass is 10.0. The van der Waals surface area contributed by atoms with Crippen molar-refractivity contribution in [2.75, 3.05) is 0 Å². The van der Waals surface area contributed by atoms with Gasteiger partial charge in [-0.3, -0.25) is 0 Å². The highest BCUT2D eigenvalue weighted by Gasteiger charge is 2.48. The van der Waals surface area contributed by atoms with Gasteiger partial charge in [0, 0.05) is 10.0 Å². The van der Waals surface area contributed by atoms with Crippen LogP contribution in [0.15, 0.2) is 28.2 Å². The fourth-order valence-electron chi connectivity index (χ4n) is 1.58. The third kappa shape index (κ3) is 2.35.